The Balaban J connectivity index is 2.82. The molecule has 0 radical (unpaired) electrons. The zero-order chi connectivity index (χ0) is 13.8. The van der Waals surface area contributed by atoms with Crippen molar-refractivity contribution in [2.24, 2.45) is 5.41 Å². The molecule has 0 spiro atoms. The Bertz CT molecular complexity index is 426. The number of carboxylic acids is 1. The van der Waals surface area contributed by atoms with E-state index in [0.717, 1.165) is 5.56 Å². The molecule has 0 unspecified atom stereocenters. The van der Waals surface area contributed by atoms with Gasteiger partial charge in [0.05, 0.1) is 6.04 Å². The highest BCUT2D eigenvalue weighted by atomic mass is 16.4. The lowest BCUT2D eigenvalue weighted by Gasteiger charge is -2.24. The molecule has 0 bridgehead atoms. The number of hydrogen-bond donors (Lipinski definition) is 2. The predicted octanol–water partition coefficient (Wildman–Crippen LogP) is 2.36. The van der Waals surface area contributed by atoms with Crippen LogP contribution in [0.1, 0.15) is 38.8 Å². The second-order valence-electron chi connectivity index (χ2n) is 4.78. The second-order valence-corrected chi connectivity index (χ2v) is 4.78. The number of rotatable bonds is 5. The smallest absolute Gasteiger partial charge is 0.318 e. The third-order valence-electron chi connectivity index (χ3n) is 3.02. The van der Waals surface area contributed by atoms with Crippen molar-refractivity contribution in [1.29, 1.82) is 0 Å². The average Bonchev–Trinajstić information content (AvgIpc) is 2.36. The largest absolute Gasteiger partial charge is 0.480 e. The zero-order valence-electron chi connectivity index (χ0n) is 10.9. The van der Waals surface area contributed by atoms with Crippen LogP contribution in [0.15, 0.2) is 30.3 Å². The maximum absolute atomic E-state index is 12.0. The normalized spacial score (nSPS) is 12.8. The molecule has 0 aliphatic rings. The first kappa shape index (κ1) is 14.2. The van der Waals surface area contributed by atoms with E-state index in [2.05, 4.69) is 5.32 Å². The molecule has 4 heteroatoms. The SMILES string of the molecule is CC[C@@H](NC(=O)C(C)(C)C(=O)O)c1ccccc1. The van der Waals surface area contributed by atoms with Gasteiger partial charge in [-0.05, 0) is 25.8 Å². The first-order chi connectivity index (χ1) is 8.39. The number of amides is 1. The van der Waals surface area contributed by atoms with Crippen LogP contribution in [0.2, 0.25) is 0 Å². The molecular weight excluding hydrogens is 230 g/mol. The highest BCUT2D eigenvalue weighted by molar-refractivity contribution is 6.01. The Hall–Kier alpha value is -1.84. The molecule has 0 saturated heterocycles. The van der Waals surface area contributed by atoms with E-state index < -0.39 is 17.3 Å². The fourth-order valence-electron chi connectivity index (χ4n) is 1.54. The fourth-order valence-corrected chi connectivity index (χ4v) is 1.54. The molecule has 1 aromatic rings. The van der Waals surface area contributed by atoms with Crippen molar-refractivity contribution in [1.82, 2.24) is 5.32 Å². The number of carbonyl (C=O) groups excluding carboxylic acids is 1. The molecule has 2 N–H and O–H groups in total. The van der Waals surface area contributed by atoms with Crippen LogP contribution in [0.3, 0.4) is 0 Å². The van der Waals surface area contributed by atoms with Crippen LogP contribution in [0.25, 0.3) is 0 Å². The van der Waals surface area contributed by atoms with Crippen LogP contribution in [-0.4, -0.2) is 17.0 Å². The Kier molecular flexibility index (Phi) is 4.48. The molecule has 1 aromatic carbocycles. The highest BCUT2D eigenvalue weighted by Gasteiger charge is 2.36. The zero-order valence-corrected chi connectivity index (χ0v) is 10.9. The molecular formula is C14H19NO3. The van der Waals surface area contributed by atoms with Gasteiger partial charge in [-0.25, -0.2) is 0 Å². The summed E-state index contributed by atoms with van der Waals surface area (Å²) in [4.78, 5) is 23.0. The van der Waals surface area contributed by atoms with Gasteiger partial charge in [0.1, 0.15) is 5.41 Å². The molecule has 0 saturated carbocycles. The maximum atomic E-state index is 12.0. The van der Waals surface area contributed by atoms with Crippen LogP contribution in [0.5, 0.6) is 0 Å². The summed E-state index contributed by atoms with van der Waals surface area (Å²) in [5.74, 6) is -1.59. The molecule has 0 heterocycles. The predicted molar refractivity (Wildman–Crippen MR) is 69.0 cm³/mol. The van der Waals surface area contributed by atoms with Gasteiger partial charge in [0.2, 0.25) is 5.91 Å². The molecule has 1 rings (SSSR count). The molecule has 4 nitrogen and oxygen atoms in total. The molecule has 98 valence electrons. The van der Waals surface area contributed by atoms with Crippen LogP contribution >= 0.6 is 0 Å². The van der Waals surface area contributed by atoms with Crippen molar-refractivity contribution in [3.8, 4) is 0 Å². The number of hydrogen-bond acceptors (Lipinski definition) is 2. The number of nitrogens with one attached hydrogen (secondary N) is 1. The molecule has 1 amide bonds. The fraction of sp³-hybridized carbons (Fsp3) is 0.429. The monoisotopic (exact) mass is 249 g/mol. The quantitative estimate of drug-likeness (QED) is 0.787. The average molecular weight is 249 g/mol. The van der Waals surface area contributed by atoms with Crippen molar-refractivity contribution < 1.29 is 14.7 Å². The van der Waals surface area contributed by atoms with Crippen LogP contribution in [0, 0.1) is 5.41 Å². The summed E-state index contributed by atoms with van der Waals surface area (Å²) in [6.07, 6.45) is 0.714. The summed E-state index contributed by atoms with van der Waals surface area (Å²) < 4.78 is 0. The maximum Gasteiger partial charge on any atom is 0.318 e. The molecule has 0 aliphatic heterocycles. The highest BCUT2D eigenvalue weighted by Crippen LogP contribution is 2.21. The second kappa shape index (κ2) is 5.67. The first-order valence-corrected chi connectivity index (χ1v) is 5.99. The van der Waals surface area contributed by atoms with Crippen LogP contribution in [-0.2, 0) is 9.59 Å². The van der Waals surface area contributed by atoms with E-state index >= 15 is 0 Å². The molecule has 0 fully saturated rings. The summed E-state index contributed by atoms with van der Waals surface area (Å²) in [6.45, 7) is 4.76. The first-order valence-electron chi connectivity index (χ1n) is 5.99. The summed E-state index contributed by atoms with van der Waals surface area (Å²) in [6, 6.07) is 9.38. The molecule has 0 aromatic heterocycles. The van der Waals surface area contributed by atoms with Crippen molar-refractivity contribution in [2.75, 3.05) is 0 Å². The van der Waals surface area contributed by atoms with Gasteiger partial charge in [-0.3, -0.25) is 9.59 Å². The van der Waals surface area contributed by atoms with Gasteiger partial charge in [-0.15, -0.1) is 0 Å². The van der Waals surface area contributed by atoms with Crippen molar-refractivity contribution in [3.63, 3.8) is 0 Å². The molecule has 0 aliphatic carbocycles. The lowest BCUT2D eigenvalue weighted by Crippen LogP contribution is -2.43. The van der Waals surface area contributed by atoms with Gasteiger partial charge in [0.15, 0.2) is 0 Å². The van der Waals surface area contributed by atoms with Gasteiger partial charge in [0, 0.05) is 0 Å². The number of carboxylic acid groups (broad SMARTS) is 1. The number of aliphatic carboxylic acids is 1. The summed E-state index contributed by atoms with van der Waals surface area (Å²) in [5.41, 5.74) is -0.433. The van der Waals surface area contributed by atoms with Crippen molar-refractivity contribution >= 4 is 11.9 Å². The minimum absolute atomic E-state index is 0.155. The topological polar surface area (TPSA) is 66.4 Å². The minimum atomic E-state index is -1.41. The third-order valence-corrected chi connectivity index (χ3v) is 3.02. The standard InChI is InChI=1S/C14H19NO3/c1-4-11(10-8-6-5-7-9-10)15-12(16)14(2,3)13(17)18/h5-9,11H,4H2,1-3H3,(H,15,16)(H,17,18)/t11-/m1/s1. The minimum Gasteiger partial charge on any atom is -0.480 e. The van der Waals surface area contributed by atoms with E-state index in [-0.39, 0.29) is 6.04 Å². The van der Waals surface area contributed by atoms with Gasteiger partial charge in [-0.2, -0.15) is 0 Å². The van der Waals surface area contributed by atoms with Crippen molar-refractivity contribution in [2.45, 2.75) is 33.2 Å². The Morgan fingerprint density at radius 1 is 1.28 bits per heavy atom. The molecule has 18 heavy (non-hydrogen) atoms. The molecule has 1 atom stereocenters. The van der Waals surface area contributed by atoms with E-state index in [4.69, 9.17) is 5.11 Å². The van der Waals surface area contributed by atoms with Gasteiger partial charge in [-0.1, -0.05) is 37.3 Å². The Morgan fingerprint density at radius 3 is 2.28 bits per heavy atom. The third kappa shape index (κ3) is 3.09. The van der Waals surface area contributed by atoms with Gasteiger partial charge < -0.3 is 10.4 Å². The van der Waals surface area contributed by atoms with E-state index in [9.17, 15) is 9.59 Å². The van der Waals surface area contributed by atoms with Crippen molar-refractivity contribution in [3.05, 3.63) is 35.9 Å². The summed E-state index contributed by atoms with van der Waals surface area (Å²) >= 11 is 0. The van der Waals surface area contributed by atoms with E-state index in [1.54, 1.807) is 0 Å². The summed E-state index contributed by atoms with van der Waals surface area (Å²) in [5, 5.41) is 11.8. The van der Waals surface area contributed by atoms with Crippen LogP contribution in [0.4, 0.5) is 0 Å². The Labute approximate surface area is 107 Å². The summed E-state index contributed by atoms with van der Waals surface area (Å²) in [7, 11) is 0. The van der Waals surface area contributed by atoms with E-state index in [1.807, 2.05) is 37.3 Å². The van der Waals surface area contributed by atoms with Crippen LogP contribution < -0.4 is 5.32 Å². The number of carbonyl (C=O) groups is 2. The number of benzene rings is 1. The van der Waals surface area contributed by atoms with Gasteiger partial charge >= 0.3 is 5.97 Å². The van der Waals surface area contributed by atoms with E-state index in [0.29, 0.717) is 6.42 Å². The lowest BCUT2D eigenvalue weighted by molar-refractivity contribution is -0.153. The lowest BCUT2D eigenvalue weighted by atomic mass is 9.91. The van der Waals surface area contributed by atoms with Gasteiger partial charge in [0.25, 0.3) is 0 Å². The van der Waals surface area contributed by atoms with E-state index in [1.165, 1.54) is 13.8 Å². The Morgan fingerprint density at radius 2 is 1.83 bits per heavy atom.